The topological polar surface area (TPSA) is 486 Å². The van der Waals surface area contributed by atoms with E-state index in [0.29, 0.717) is 0 Å². The molecule has 336 valence electrons. The van der Waals surface area contributed by atoms with Crippen molar-refractivity contribution < 1.29 is 116 Å². The first kappa shape index (κ1) is 49.3. The van der Waals surface area contributed by atoms with Crippen LogP contribution in [0.25, 0.3) is 11.2 Å². The second kappa shape index (κ2) is 20.2. The second-order valence-electron chi connectivity index (χ2n) is 12.6. The van der Waals surface area contributed by atoms with Gasteiger partial charge in [0, 0.05) is 6.07 Å². The van der Waals surface area contributed by atoms with Crippen LogP contribution in [0.5, 0.6) is 0 Å². The van der Waals surface area contributed by atoms with Crippen LogP contribution in [0.2, 0.25) is 0 Å². The molecule has 3 aromatic heterocycles. The summed E-state index contributed by atoms with van der Waals surface area (Å²) >= 11 is 0. The zero-order valence-electron chi connectivity index (χ0n) is 30.1. The van der Waals surface area contributed by atoms with Gasteiger partial charge in [0.2, 0.25) is 0 Å². The van der Waals surface area contributed by atoms with Gasteiger partial charge < -0.3 is 90.7 Å². The van der Waals surface area contributed by atoms with Crippen molar-refractivity contribution in [1.82, 2.24) is 19.5 Å². The third-order valence-electron chi connectivity index (χ3n) is 8.39. The molecule has 14 atom stereocenters. The number of nitrogen functional groups attached to an aromatic ring is 1. The fourth-order valence-corrected chi connectivity index (χ4v) is 8.04. The van der Waals surface area contributed by atoms with Gasteiger partial charge in [-0.1, -0.05) is 0 Å². The molecule has 2 saturated heterocycles. The molecule has 1 amide bonds. The van der Waals surface area contributed by atoms with E-state index in [1.54, 1.807) is 0 Å². The van der Waals surface area contributed by atoms with Gasteiger partial charge in [-0.25, -0.2) is 28.4 Å². The van der Waals surface area contributed by atoms with Gasteiger partial charge in [-0.3, -0.25) is 23.0 Å². The number of amides is 1. The lowest BCUT2D eigenvalue weighted by molar-refractivity contribution is -0.765. The maximum absolute atomic E-state index is 12.5. The predicted octanol–water partition coefficient (Wildman–Crippen LogP) is -6.91. The number of rotatable bonds is 18. The quantitative estimate of drug-likeness (QED) is 0.0320. The molecule has 0 bridgehead atoms. The number of nitrogens with zero attached hydrogens (tertiary/aromatic N) is 5. The highest BCUT2D eigenvalue weighted by atomic mass is 31.3. The predicted molar refractivity (Wildman–Crippen MR) is 185 cm³/mol. The summed E-state index contributed by atoms with van der Waals surface area (Å²) in [6.45, 7) is -2.88. The molecule has 2 fully saturated rings. The minimum absolute atomic E-state index is 0.00541. The zero-order valence-corrected chi connectivity index (χ0v) is 32.8. The van der Waals surface area contributed by atoms with Crippen LogP contribution >= 0.6 is 23.5 Å². The number of anilines is 1. The molecule has 0 aliphatic carbocycles. The first-order chi connectivity index (χ1) is 27.9. The van der Waals surface area contributed by atoms with Crippen molar-refractivity contribution in [2.24, 2.45) is 5.73 Å². The van der Waals surface area contributed by atoms with Crippen LogP contribution in [0.15, 0.2) is 37.2 Å². The van der Waals surface area contributed by atoms with Gasteiger partial charge >= 0.3 is 15.6 Å². The van der Waals surface area contributed by atoms with Crippen molar-refractivity contribution >= 4 is 52.6 Å². The Kier molecular flexibility index (Phi) is 16.6. The lowest BCUT2D eigenvalue weighted by atomic mass is 10.0. The number of phosphoric acid groups is 3. The number of primary amides is 1. The molecule has 2 aliphatic heterocycles. The maximum Gasteiger partial charge on any atom is 0.478 e. The summed E-state index contributed by atoms with van der Waals surface area (Å²) in [6.07, 6.45) is -15.4. The van der Waals surface area contributed by atoms with E-state index in [0.717, 1.165) is 17.2 Å². The highest BCUT2D eigenvalue weighted by Crippen LogP contribution is 2.58. The van der Waals surface area contributed by atoms with Crippen LogP contribution in [-0.4, -0.2) is 168 Å². The number of pyridine rings is 1. The second-order valence-corrected chi connectivity index (χ2v) is 16.8. The molecule has 3 aromatic rings. The van der Waals surface area contributed by atoms with Crippen molar-refractivity contribution in [2.75, 3.05) is 25.6 Å². The van der Waals surface area contributed by atoms with Gasteiger partial charge in [0.25, 0.3) is 20.0 Å². The number of aldehydes is 1. The number of carbonyl (C=O) groups is 2. The molecule has 0 spiro atoms. The van der Waals surface area contributed by atoms with Crippen molar-refractivity contribution in [3.05, 3.63) is 42.7 Å². The lowest BCUT2D eigenvalue weighted by Gasteiger charge is -2.26. The molecule has 2 aliphatic rings. The summed E-state index contributed by atoms with van der Waals surface area (Å²) in [7, 11) is -16.6. The fraction of sp³-hybridized carbons (Fsp3) is 0.556. The van der Waals surface area contributed by atoms with E-state index in [2.05, 4.69) is 32.8 Å². The smallest absolute Gasteiger partial charge is 0.478 e. The third-order valence-corrected chi connectivity index (χ3v) is 11.5. The SMILES string of the molecule is NC(=O)c1ccc[n+]([C@@H]2O[C@H](COP(=O)([O-])OP(=O)(O)OC[C@H]3O[C@@H](n4cnc5c(N)ncnc54)[C@H](OP(=O)(O)O)[C@@H]3O)[C@@H](O)[C@H]2O)c1.O=C[C@H](O)[C@@H](O)[C@H](O)[C@H](O)CO. The van der Waals surface area contributed by atoms with Crippen LogP contribution in [0, 0.1) is 0 Å². The molecule has 5 rings (SSSR count). The van der Waals surface area contributed by atoms with E-state index < -0.39 is 123 Å². The average molecular weight is 924 g/mol. The number of hydrogen-bond donors (Lipinski definition) is 13. The van der Waals surface area contributed by atoms with Crippen LogP contribution in [0.3, 0.4) is 0 Å². The monoisotopic (exact) mass is 923 g/mol. The molecular weight excluding hydrogens is 883 g/mol. The van der Waals surface area contributed by atoms with Gasteiger partial charge in [-0.15, -0.1) is 0 Å². The Morgan fingerprint density at radius 1 is 0.983 bits per heavy atom. The van der Waals surface area contributed by atoms with E-state index >= 15 is 0 Å². The number of fused-ring (bicyclic) bond motifs is 1. The molecule has 33 heteroatoms. The molecule has 60 heavy (non-hydrogen) atoms. The Morgan fingerprint density at radius 2 is 1.63 bits per heavy atom. The molecule has 15 N–H and O–H groups in total. The number of hydrogen-bond acceptors (Lipinski definition) is 24. The molecule has 0 aromatic carbocycles. The highest BCUT2D eigenvalue weighted by molar-refractivity contribution is 7.60. The van der Waals surface area contributed by atoms with E-state index in [-0.39, 0.29) is 28.8 Å². The first-order valence-corrected chi connectivity index (χ1v) is 21.1. The summed E-state index contributed by atoms with van der Waals surface area (Å²) in [5, 5.41) is 75.0. The summed E-state index contributed by atoms with van der Waals surface area (Å²) < 4.78 is 67.9. The van der Waals surface area contributed by atoms with Crippen molar-refractivity contribution in [2.45, 2.75) is 73.5 Å². The summed E-state index contributed by atoms with van der Waals surface area (Å²) in [5.74, 6) is -0.862. The third kappa shape index (κ3) is 12.4. The molecule has 2 unspecified atom stereocenters. The largest absolute Gasteiger partial charge is 0.756 e. The van der Waals surface area contributed by atoms with Crippen LogP contribution in [0.4, 0.5) is 5.82 Å². The van der Waals surface area contributed by atoms with Crippen molar-refractivity contribution in [3.8, 4) is 0 Å². The Balaban J connectivity index is 0.000000575. The number of phosphoric ester groups is 3. The lowest BCUT2D eigenvalue weighted by Crippen LogP contribution is -2.46. The Morgan fingerprint density at radius 3 is 2.25 bits per heavy atom. The normalized spacial score (nSPS) is 28.5. The van der Waals surface area contributed by atoms with Gasteiger partial charge in [-0.2, -0.15) is 4.57 Å². The van der Waals surface area contributed by atoms with Crippen molar-refractivity contribution in [1.29, 1.82) is 0 Å². The number of ether oxygens (including phenoxy) is 2. The molecule has 30 nitrogen and oxygen atoms in total. The van der Waals surface area contributed by atoms with E-state index in [4.69, 9.17) is 46.5 Å². The Labute approximate surface area is 335 Å². The van der Waals surface area contributed by atoms with Gasteiger partial charge in [0.1, 0.15) is 72.3 Å². The molecule has 0 saturated carbocycles. The van der Waals surface area contributed by atoms with Gasteiger partial charge in [0.15, 0.2) is 42.5 Å². The zero-order chi connectivity index (χ0) is 44.9. The van der Waals surface area contributed by atoms with Crippen LogP contribution < -0.4 is 20.9 Å². The number of nitrogens with two attached hydrogens (primary N) is 2. The number of aliphatic hydroxyl groups excluding tert-OH is 8. The molecule has 5 heterocycles. The van der Waals surface area contributed by atoms with E-state index in [1.165, 1.54) is 29.1 Å². The van der Waals surface area contributed by atoms with E-state index in [1.807, 2.05) is 0 Å². The Bertz CT molecular complexity index is 2100. The summed E-state index contributed by atoms with van der Waals surface area (Å²) in [5.41, 5.74) is 11.1. The van der Waals surface area contributed by atoms with Crippen LogP contribution in [-0.2, 0) is 45.8 Å². The standard InChI is InChI=1S/C21H28N7O17P3.C6H12O6/c22-17-12-19(25-7-24-17)28(8-26-12)21-16(44-46(33,34)35)14(30)11(43-21)6-41-48(38,39)45-47(36,37)40-5-10-13(29)15(31)20(42-10)27-3-1-2-9(4-27)18(23)32;7-1-3(9)5(11)6(12)4(10)2-8/h1-4,7-8,10-11,13-16,20-21,29-31H,5-6H2,(H7-,22,23,24,25,32,33,34,35,36,37,38,39);1,3-6,8-12H,2H2/t10-,11-,13-,14-,15-,16-,20-,21-;3-,4+,5+,6+/m10/s1. The minimum atomic E-state index is -5.72. The number of aliphatic hydroxyl groups is 8. The Hall–Kier alpha value is -3.39. The molecular formula is C27H40N7O23P3. The maximum atomic E-state index is 12.5. The van der Waals surface area contributed by atoms with Crippen LogP contribution in [0.1, 0.15) is 22.8 Å². The first-order valence-electron chi connectivity index (χ1n) is 16.7. The summed E-state index contributed by atoms with van der Waals surface area (Å²) in [6, 6.07) is 2.77. The molecule has 0 radical (unpaired) electrons. The summed E-state index contributed by atoms with van der Waals surface area (Å²) in [4.78, 5) is 74.3. The highest BCUT2D eigenvalue weighted by Gasteiger charge is 2.51. The fourth-order valence-electron chi connectivity index (χ4n) is 5.44. The van der Waals surface area contributed by atoms with Crippen molar-refractivity contribution in [3.63, 3.8) is 0 Å². The number of carbonyl (C=O) groups excluding carboxylic acids is 2. The van der Waals surface area contributed by atoms with Gasteiger partial charge in [0.05, 0.1) is 26.1 Å². The average Bonchev–Trinajstić information content (AvgIpc) is 3.84. The number of aromatic nitrogens is 5. The minimum Gasteiger partial charge on any atom is -0.756 e. The number of imidazole rings is 1. The van der Waals surface area contributed by atoms with E-state index in [9.17, 15) is 58.2 Å². The van der Waals surface area contributed by atoms with Gasteiger partial charge in [-0.05, 0) is 6.07 Å².